The average molecular weight is 376 g/mol. The zero-order valence-corrected chi connectivity index (χ0v) is 16.2. The zero-order chi connectivity index (χ0) is 19.4. The minimum absolute atomic E-state index is 0.0491. The maximum atomic E-state index is 13.1. The third-order valence-corrected chi connectivity index (χ3v) is 4.56. The number of hydrogen-bond donors (Lipinski definition) is 1. The van der Waals surface area contributed by atoms with E-state index in [1.54, 1.807) is 18.2 Å². The highest BCUT2D eigenvalue weighted by Crippen LogP contribution is 2.31. The van der Waals surface area contributed by atoms with Gasteiger partial charge in [0, 0.05) is 24.7 Å². The minimum Gasteiger partial charge on any atom is -0.486 e. The Labute approximate surface area is 160 Å². The van der Waals surface area contributed by atoms with E-state index in [2.05, 4.69) is 5.32 Å². The topological polar surface area (TPSA) is 77.1 Å². The van der Waals surface area contributed by atoms with Gasteiger partial charge in [0.05, 0.1) is 0 Å². The molecule has 0 aliphatic carbocycles. The van der Waals surface area contributed by atoms with E-state index in [-0.39, 0.29) is 11.9 Å². The molecule has 3 rings (SSSR count). The van der Waals surface area contributed by atoms with Gasteiger partial charge in [-0.3, -0.25) is 4.79 Å². The van der Waals surface area contributed by atoms with Gasteiger partial charge in [-0.05, 0) is 58.2 Å². The quantitative estimate of drug-likeness (QED) is 0.878. The van der Waals surface area contributed by atoms with Crippen LogP contribution < -0.4 is 14.8 Å². The van der Waals surface area contributed by atoms with Gasteiger partial charge < -0.3 is 24.4 Å². The summed E-state index contributed by atoms with van der Waals surface area (Å²) in [6.07, 6.45) is 2.39. The van der Waals surface area contributed by atoms with Gasteiger partial charge in [-0.15, -0.1) is 0 Å². The number of carbonyl (C=O) groups is 2. The second-order valence-electron chi connectivity index (χ2n) is 7.89. The number of benzene rings is 1. The van der Waals surface area contributed by atoms with Crippen LogP contribution in [0.3, 0.4) is 0 Å². The number of nitrogens with one attached hydrogen (secondary N) is 1. The Morgan fingerprint density at radius 3 is 2.67 bits per heavy atom. The molecule has 0 aromatic heterocycles. The number of amides is 2. The molecule has 2 amide bonds. The van der Waals surface area contributed by atoms with Crippen molar-refractivity contribution in [1.29, 1.82) is 0 Å². The number of alkyl carbamates (subject to hydrolysis) is 1. The van der Waals surface area contributed by atoms with Crippen molar-refractivity contribution >= 4 is 12.0 Å². The lowest BCUT2D eigenvalue weighted by Crippen LogP contribution is -2.50. The molecule has 1 atom stereocenters. The monoisotopic (exact) mass is 376 g/mol. The standard InChI is InChI=1S/C20H28N2O5/c1-20(2,3)27-19(24)21-13-15-6-4-5-9-22(15)18(23)14-7-8-16-17(12-14)26-11-10-25-16/h7-8,12,15H,4-6,9-11,13H2,1-3H3,(H,21,24)/t15-/m1/s1. The van der Waals surface area contributed by atoms with E-state index in [1.807, 2.05) is 25.7 Å². The fourth-order valence-corrected chi connectivity index (χ4v) is 3.34. The summed E-state index contributed by atoms with van der Waals surface area (Å²) in [6.45, 7) is 7.53. The number of fused-ring (bicyclic) bond motifs is 1. The lowest BCUT2D eigenvalue weighted by atomic mass is 10.0. The van der Waals surface area contributed by atoms with E-state index in [9.17, 15) is 9.59 Å². The van der Waals surface area contributed by atoms with E-state index in [1.165, 1.54) is 0 Å². The molecule has 0 saturated carbocycles. The summed E-state index contributed by atoms with van der Waals surface area (Å²) in [6, 6.07) is 5.23. The van der Waals surface area contributed by atoms with Gasteiger partial charge >= 0.3 is 6.09 Å². The van der Waals surface area contributed by atoms with Crippen molar-refractivity contribution in [3.8, 4) is 11.5 Å². The Bertz CT molecular complexity index is 698. The first-order valence-corrected chi connectivity index (χ1v) is 9.51. The van der Waals surface area contributed by atoms with Crippen molar-refractivity contribution in [3.63, 3.8) is 0 Å². The first kappa shape index (κ1) is 19.3. The number of likely N-dealkylation sites (tertiary alicyclic amines) is 1. The normalized spacial score (nSPS) is 19.4. The van der Waals surface area contributed by atoms with Gasteiger partial charge in [-0.25, -0.2) is 4.79 Å². The molecule has 1 aromatic rings. The molecule has 0 unspecified atom stereocenters. The van der Waals surface area contributed by atoms with Gasteiger partial charge in [0.15, 0.2) is 11.5 Å². The number of nitrogens with zero attached hydrogens (tertiary/aromatic N) is 1. The molecule has 0 bridgehead atoms. The van der Waals surface area contributed by atoms with Crippen molar-refractivity contribution in [3.05, 3.63) is 23.8 Å². The van der Waals surface area contributed by atoms with Crippen molar-refractivity contribution < 1.29 is 23.8 Å². The van der Waals surface area contributed by atoms with Gasteiger partial charge in [-0.1, -0.05) is 0 Å². The Balaban J connectivity index is 1.66. The number of carbonyl (C=O) groups excluding carboxylic acids is 2. The van der Waals surface area contributed by atoms with Crippen molar-refractivity contribution in [2.24, 2.45) is 0 Å². The predicted molar refractivity (Wildman–Crippen MR) is 100 cm³/mol. The van der Waals surface area contributed by atoms with Gasteiger partial charge in [0.1, 0.15) is 18.8 Å². The lowest BCUT2D eigenvalue weighted by Gasteiger charge is -2.36. The van der Waals surface area contributed by atoms with Crippen LogP contribution in [-0.4, -0.2) is 54.8 Å². The SMILES string of the molecule is CC(C)(C)OC(=O)NC[C@H]1CCCCN1C(=O)c1ccc2c(c1)OCCO2. The molecule has 0 radical (unpaired) electrons. The Morgan fingerprint density at radius 1 is 1.19 bits per heavy atom. The number of piperidine rings is 1. The molecule has 7 nitrogen and oxygen atoms in total. The molecule has 7 heteroatoms. The van der Waals surface area contributed by atoms with Gasteiger partial charge in [-0.2, -0.15) is 0 Å². The van der Waals surface area contributed by atoms with Crippen LogP contribution >= 0.6 is 0 Å². The van der Waals surface area contributed by atoms with Crippen LogP contribution in [0.4, 0.5) is 4.79 Å². The third-order valence-electron chi connectivity index (χ3n) is 4.56. The van der Waals surface area contributed by atoms with Crippen LogP contribution in [0.25, 0.3) is 0 Å². The second-order valence-corrected chi connectivity index (χ2v) is 7.89. The number of rotatable bonds is 3. The molecular weight excluding hydrogens is 348 g/mol. The zero-order valence-electron chi connectivity index (χ0n) is 16.2. The van der Waals surface area contributed by atoms with Gasteiger partial charge in [0.25, 0.3) is 5.91 Å². The van der Waals surface area contributed by atoms with E-state index >= 15 is 0 Å². The van der Waals surface area contributed by atoms with Crippen molar-refractivity contribution in [2.75, 3.05) is 26.3 Å². The fraction of sp³-hybridized carbons (Fsp3) is 0.600. The summed E-state index contributed by atoms with van der Waals surface area (Å²) in [5, 5.41) is 2.80. The summed E-state index contributed by atoms with van der Waals surface area (Å²) in [4.78, 5) is 26.8. The minimum atomic E-state index is -0.544. The van der Waals surface area contributed by atoms with Crippen LogP contribution in [0.1, 0.15) is 50.4 Å². The maximum absolute atomic E-state index is 13.1. The van der Waals surface area contributed by atoms with Crippen LogP contribution in [0.5, 0.6) is 11.5 Å². The molecule has 1 N–H and O–H groups in total. The summed E-state index contributed by atoms with van der Waals surface area (Å²) in [5.74, 6) is 1.22. The molecule has 1 saturated heterocycles. The van der Waals surface area contributed by atoms with Crippen molar-refractivity contribution in [1.82, 2.24) is 10.2 Å². The fourth-order valence-electron chi connectivity index (χ4n) is 3.34. The van der Waals surface area contributed by atoms with Gasteiger partial charge in [0.2, 0.25) is 0 Å². The third kappa shape index (κ3) is 5.05. The molecule has 148 valence electrons. The van der Waals surface area contributed by atoms with E-state index in [4.69, 9.17) is 14.2 Å². The summed E-state index contributed by atoms with van der Waals surface area (Å²) in [7, 11) is 0. The largest absolute Gasteiger partial charge is 0.486 e. The van der Waals surface area contributed by atoms with E-state index < -0.39 is 11.7 Å². The Hall–Kier alpha value is -2.44. The molecule has 1 fully saturated rings. The van der Waals surface area contributed by atoms with Crippen LogP contribution in [0.15, 0.2) is 18.2 Å². The highest BCUT2D eigenvalue weighted by Gasteiger charge is 2.29. The molecule has 2 heterocycles. The van der Waals surface area contributed by atoms with E-state index in [0.29, 0.717) is 43.4 Å². The summed E-state index contributed by atoms with van der Waals surface area (Å²) < 4.78 is 16.4. The molecular formula is C20H28N2O5. The predicted octanol–water partition coefficient (Wildman–Crippen LogP) is 2.98. The summed E-state index contributed by atoms with van der Waals surface area (Å²) >= 11 is 0. The molecule has 2 aliphatic heterocycles. The van der Waals surface area contributed by atoms with Crippen LogP contribution in [0, 0.1) is 0 Å². The highest BCUT2D eigenvalue weighted by atomic mass is 16.6. The lowest BCUT2D eigenvalue weighted by molar-refractivity contribution is 0.0462. The maximum Gasteiger partial charge on any atom is 0.407 e. The van der Waals surface area contributed by atoms with E-state index in [0.717, 1.165) is 19.3 Å². The average Bonchev–Trinajstić information content (AvgIpc) is 2.64. The Morgan fingerprint density at radius 2 is 1.93 bits per heavy atom. The second kappa shape index (κ2) is 8.06. The molecule has 27 heavy (non-hydrogen) atoms. The first-order chi connectivity index (χ1) is 12.8. The van der Waals surface area contributed by atoms with Crippen molar-refractivity contribution in [2.45, 2.75) is 51.7 Å². The molecule has 1 aromatic carbocycles. The van der Waals surface area contributed by atoms with Crippen LogP contribution in [0.2, 0.25) is 0 Å². The highest BCUT2D eigenvalue weighted by molar-refractivity contribution is 5.95. The molecule has 2 aliphatic rings. The molecule has 0 spiro atoms. The van der Waals surface area contributed by atoms with Crippen LogP contribution in [-0.2, 0) is 4.74 Å². The first-order valence-electron chi connectivity index (χ1n) is 9.51. The number of ether oxygens (including phenoxy) is 3. The number of hydrogen-bond acceptors (Lipinski definition) is 5. The Kier molecular flexibility index (Phi) is 5.77. The summed E-state index contributed by atoms with van der Waals surface area (Å²) in [5.41, 5.74) is 0.0283. The smallest absolute Gasteiger partial charge is 0.407 e.